The van der Waals surface area contributed by atoms with Crippen molar-refractivity contribution in [3.63, 3.8) is 0 Å². The highest BCUT2D eigenvalue weighted by Crippen LogP contribution is 2.18. The summed E-state index contributed by atoms with van der Waals surface area (Å²) in [5.74, 6) is -1.20. The summed E-state index contributed by atoms with van der Waals surface area (Å²) in [6, 6.07) is 9.27. The third kappa shape index (κ3) is 2.87. The zero-order valence-electron chi connectivity index (χ0n) is 8.93. The van der Waals surface area contributed by atoms with Crippen LogP contribution < -0.4 is 0 Å². The molecule has 0 aliphatic heterocycles. The van der Waals surface area contributed by atoms with E-state index in [4.69, 9.17) is 5.11 Å². The summed E-state index contributed by atoms with van der Waals surface area (Å²) in [6.45, 7) is 0. The van der Waals surface area contributed by atoms with E-state index >= 15 is 0 Å². The predicted octanol–water partition coefficient (Wildman–Crippen LogP) is 2.51. The number of halogens is 1. The van der Waals surface area contributed by atoms with Gasteiger partial charge in [0.2, 0.25) is 0 Å². The number of benzene rings is 1. The second kappa shape index (κ2) is 4.74. The van der Waals surface area contributed by atoms with E-state index in [1.807, 2.05) is 0 Å². The maximum Gasteiger partial charge on any atom is 0.307 e. The smallest absolute Gasteiger partial charge is 0.307 e. The molecule has 0 spiro atoms. The van der Waals surface area contributed by atoms with Crippen LogP contribution in [0.25, 0.3) is 11.3 Å². The van der Waals surface area contributed by atoms with E-state index in [0.29, 0.717) is 11.3 Å². The van der Waals surface area contributed by atoms with Crippen molar-refractivity contribution in [1.29, 1.82) is 0 Å². The summed E-state index contributed by atoms with van der Waals surface area (Å²) < 4.78 is 12.8. The lowest BCUT2D eigenvalue weighted by atomic mass is 10.1. The Kier molecular flexibility index (Phi) is 3.14. The van der Waals surface area contributed by atoms with Gasteiger partial charge in [0.25, 0.3) is 0 Å². The molecule has 1 aromatic carbocycles. The molecular weight excluding hydrogens is 221 g/mol. The third-order valence-electron chi connectivity index (χ3n) is 2.32. The molecule has 3 nitrogen and oxygen atoms in total. The second-order valence-electron chi connectivity index (χ2n) is 3.63. The van der Waals surface area contributed by atoms with Crippen LogP contribution in [0.4, 0.5) is 4.39 Å². The lowest BCUT2D eigenvalue weighted by Crippen LogP contribution is -2.00. The van der Waals surface area contributed by atoms with Crippen LogP contribution in [0.5, 0.6) is 0 Å². The minimum atomic E-state index is -0.888. The molecule has 0 fully saturated rings. The number of aromatic nitrogens is 1. The highest BCUT2D eigenvalue weighted by atomic mass is 19.1. The summed E-state index contributed by atoms with van der Waals surface area (Å²) in [5, 5.41) is 8.69. The lowest BCUT2D eigenvalue weighted by Gasteiger charge is -2.03. The summed E-state index contributed by atoms with van der Waals surface area (Å²) in [6.07, 6.45) is 1.51. The van der Waals surface area contributed by atoms with Crippen molar-refractivity contribution in [1.82, 2.24) is 4.98 Å². The van der Waals surface area contributed by atoms with Crippen LogP contribution in [0.15, 0.2) is 42.6 Å². The third-order valence-corrected chi connectivity index (χ3v) is 2.32. The molecule has 4 heteroatoms. The van der Waals surface area contributed by atoms with Crippen LogP contribution in [0, 0.1) is 5.82 Å². The van der Waals surface area contributed by atoms with Gasteiger partial charge in [-0.3, -0.25) is 9.78 Å². The van der Waals surface area contributed by atoms with Crippen molar-refractivity contribution in [2.24, 2.45) is 0 Å². The fourth-order valence-electron chi connectivity index (χ4n) is 1.54. The maximum absolute atomic E-state index is 12.8. The number of nitrogens with zero attached hydrogens (tertiary/aromatic N) is 1. The quantitative estimate of drug-likeness (QED) is 0.883. The van der Waals surface area contributed by atoms with Crippen LogP contribution in [0.1, 0.15) is 5.56 Å². The molecule has 0 bridgehead atoms. The number of carboxylic acids is 1. The molecule has 0 saturated carbocycles. The van der Waals surface area contributed by atoms with E-state index in [-0.39, 0.29) is 12.2 Å². The Morgan fingerprint density at radius 2 is 1.94 bits per heavy atom. The first-order valence-electron chi connectivity index (χ1n) is 5.08. The molecular formula is C13H10FNO2. The molecule has 0 atom stereocenters. The van der Waals surface area contributed by atoms with Gasteiger partial charge in [0.05, 0.1) is 12.1 Å². The standard InChI is InChI=1S/C13H10FNO2/c14-11-3-1-10(2-4-11)12-7-9(5-6-15-12)8-13(16)17/h1-7H,8H2,(H,16,17). The van der Waals surface area contributed by atoms with Gasteiger partial charge >= 0.3 is 5.97 Å². The first-order chi connectivity index (χ1) is 8.15. The van der Waals surface area contributed by atoms with Crippen LogP contribution >= 0.6 is 0 Å². The number of pyridine rings is 1. The van der Waals surface area contributed by atoms with Gasteiger partial charge in [0.15, 0.2) is 0 Å². The number of carbonyl (C=O) groups is 1. The maximum atomic E-state index is 12.8. The molecule has 0 aliphatic carbocycles. The van der Waals surface area contributed by atoms with Gasteiger partial charge < -0.3 is 5.11 Å². The van der Waals surface area contributed by atoms with Crippen LogP contribution in [0.2, 0.25) is 0 Å². The van der Waals surface area contributed by atoms with Gasteiger partial charge in [-0.15, -0.1) is 0 Å². The van der Waals surface area contributed by atoms with Crippen molar-refractivity contribution < 1.29 is 14.3 Å². The fraction of sp³-hybridized carbons (Fsp3) is 0.0769. The number of rotatable bonds is 3. The molecule has 2 aromatic rings. The van der Waals surface area contributed by atoms with Gasteiger partial charge in [-0.25, -0.2) is 4.39 Å². The van der Waals surface area contributed by atoms with Gasteiger partial charge in [-0.2, -0.15) is 0 Å². The molecule has 1 aromatic heterocycles. The molecule has 0 saturated heterocycles. The average Bonchev–Trinajstić information content (AvgIpc) is 2.29. The SMILES string of the molecule is O=C(O)Cc1ccnc(-c2ccc(F)cc2)c1. The van der Waals surface area contributed by atoms with Crippen LogP contribution in [0.3, 0.4) is 0 Å². The van der Waals surface area contributed by atoms with E-state index < -0.39 is 5.97 Å². The molecule has 0 amide bonds. The minimum Gasteiger partial charge on any atom is -0.481 e. The number of aliphatic carboxylic acids is 1. The largest absolute Gasteiger partial charge is 0.481 e. The van der Waals surface area contributed by atoms with E-state index in [1.54, 1.807) is 30.5 Å². The predicted molar refractivity (Wildman–Crippen MR) is 61.0 cm³/mol. The Morgan fingerprint density at radius 3 is 2.59 bits per heavy atom. The van der Waals surface area contributed by atoms with Crippen LogP contribution in [-0.4, -0.2) is 16.1 Å². The normalized spacial score (nSPS) is 10.2. The summed E-state index contributed by atoms with van der Waals surface area (Å²) in [4.78, 5) is 14.7. The summed E-state index contributed by atoms with van der Waals surface area (Å²) in [7, 11) is 0. The van der Waals surface area contributed by atoms with Gasteiger partial charge in [0, 0.05) is 11.8 Å². The zero-order chi connectivity index (χ0) is 12.3. The van der Waals surface area contributed by atoms with Gasteiger partial charge in [0.1, 0.15) is 5.82 Å². The Hall–Kier alpha value is -2.23. The lowest BCUT2D eigenvalue weighted by molar-refractivity contribution is -0.136. The molecule has 2 rings (SSSR count). The highest BCUT2D eigenvalue weighted by molar-refractivity contribution is 5.71. The van der Waals surface area contributed by atoms with E-state index in [0.717, 1.165) is 5.56 Å². The molecule has 1 heterocycles. The van der Waals surface area contributed by atoms with E-state index in [1.165, 1.54) is 12.1 Å². The Bertz CT molecular complexity index is 537. The second-order valence-corrected chi connectivity index (χ2v) is 3.63. The van der Waals surface area contributed by atoms with E-state index in [9.17, 15) is 9.18 Å². The first-order valence-corrected chi connectivity index (χ1v) is 5.08. The molecule has 86 valence electrons. The molecule has 17 heavy (non-hydrogen) atoms. The molecule has 1 N–H and O–H groups in total. The average molecular weight is 231 g/mol. The fourth-order valence-corrected chi connectivity index (χ4v) is 1.54. The van der Waals surface area contributed by atoms with E-state index in [2.05, 4.69) is 4.98 Å². The van der Waals surface area contributed by atoms with Crippen molar-refractivity contribution in [2.45, 2.75) is 6.42 Å². The van der Waals surface area contributed by atoms with Crippen LogP contribution in [-0.2, 0) is 11.2 Å². The topological polar surface area (TPSA) is 50.2 Å². The van der Waals surface area contributed by atoms with Crippen molar-refractivity contribution in [2.75, 3.05) is 0 Å². The molecule has 0 aliphatic rings. The number of hydrogen-bond acceptors (Lipinski definition) is 2. The Balaban J connectivity index is 2.32. The van der Waals surface area contributed by atoms with Crippen molar-refractivity contribution >= 4 is 5.97 Å². The zero-order valence-corrected chi connectivity index (χ0v) is 8.93. The Morgan fingerprint density at radius 1 is 1.24 bits per heavy atom. The highest BCUT2D eigenvalue weighted by Gasteiger charge is 2.04. The molecule has 0 radical (unpaired) electrons. The van der Waals surface area contributed by atoms with Crippen molar-refractivity contribution in [3.8, 4) is 11.3 Å². The monoisotopic (exact) mass is 231 g/mol. The minimum absolute atomic E-state index is 0.0449. The summed E-state index contributed by atoms with van der Waals surface area (Å²) in [5.41, 5.74) is 2.08. The first kappa shape index (κ1) is 11.3. The number of hydrogen-bond donors (Lipinski definition) is 1. The summed E-state index contributed by atoms with van der Waals surface area (Å²) >= 11 is 0. The number of carboxylic acid groups (broad SMARTS) is 1. The van der Waals surface area contributed by atoms with Crippen molar-refractivity contribution in [3.05, 3.63) is 54.0 Å². The van der Waals surface area contributed by atoms with Gasteiger partial charge in [-0.1, -0.05) is 0 Å². The Labute approximate surface area is 97.6 Å². The molecule has 0 unspecified atom stereocenters. The van der Waals surface area contributed by atoms with Gasteiger partial charge in [-0.05, 0) is 42.0 Å².